The Morgan fingerprint density at radius 3 is 2.24 bits per heavy atom. The van der Waals surface area contributed by atoms with Crippen molar-refractivity contribution in [3.63, 3.8) is 0 Å². The SMILES string of the molecule is CCOc1cc(CNCCc2ccc(S(N)(=O)=O)cc2)ccc1OCc1ccc(Cl)nc1.Cl.Cl. The lowest BCUT2D eigenvalue weighted by Gasteiger charge is -2.14. The summed E-state index contributed by atoms with van der Waals surface area (Å²) in [5.41, 5.74) is 3.01. The van der Waals surface area contributed by atoms with Crippen molar-refractivity contribution < 1.29 is 17.9 Å². The van der Waals surface area contributed by atoms with Crippen molar-refractivity contribution in [3.05, 3.63) is 82.6 Å². The highest BCUT2D eigenvalue weighted by Crippen LogP contribution is 2.29. The van der Waals surface area contributed by atoms with Gasteiger partial charge in [0.2, 0.25) is 10.0 Å². The van der Waals surface area contributed by atoms with Crippen molar-refractivity contribution in [1.82, 2.24) is 10.3 Å². The molecule has 2 aromatic carbocycles. The highest BCUT2D eigenvalue weighted by molar-refractivity contribution is 7.89. The molecule has 0 spiro atoms. The van der Waals surface area contributed by atoms with Crippen LogP contribution >= 0.6 is 36.4 Å². The van der Waals surface area contributed by atoms with Gasteiger partial charge in [-0.15, -0.1) is 24.8 Å². The Bertz CT molecular complexity index is 1130. The Hall–Kier alpha value is -2.07. The molecule has 0 saturated heterocycles. The van der Waals surface area contributed by atoms with Gasteiger partial charge >= 0.3 is 0 Å². The second kappa shape index (κ2) is 14.4. The van der Waals surface area contributed by atoms with Crippen molar-refractivity contribution in [2.24, 2.45) is 5.14 Å². The lowest BCUT2D eigenvalue weighted by molar-refractivity contribution is 0.269. The number of hydrogen-bond acceptors (Lipinski definition) is 6. The van der Waals surface area contributed by atoms with Crippen molar-refractivity contribution in [3.8, 4) is 11.5 Å². The lowest BCUT2D eigenvalue weighted by Crippen LogP contribution is -2.17. The summed E-state index contributed by atoms with van der Waals surface area (Å²) in [5.74, 6) is 1.35. The number of halogens is 3. The summed E-state index contributed by atoms with van der Waals surface area (Å²) in [6, 6.07) is 16.1. The molecule has 0 atom stereocenters. The Balaban J connectivity index is 0.00000289. The third kappa shape index (κ3) is 9.29. The van der Waals surface area contributed by atoms with Crippen LogP contribution in [0.1, 0.15) is 23.6 Å². The monoisotopic (exact) mass is 547 g/mol. The minimum atomic E-state index is -3.66. The van der Waals surface area contributed by atoms with E-state index in [0.29, 0.717) is 36.4 Å². The number of ether oxygens (including phenoxy) is 2. The van der Waals surface area contributed by atoms with E-state index in [-0.39, 0.29) is 29.7 Å². The van der Waals surface area contributed by atoms with Gasteiger partial charge in [-0.3, -0.25) is 0 Å². The molecular weight excluding hydrogens is 521 g/mol. The third-order valence-corrected chi connectivity index (χ3v) is 5.82. The highest BCUT2D eigenvalue weighted by atomic mass is 35.5. The minimum Gasteiger partial charge on any atom is -0.490 e. The Labute approximate surface area is 217 Å². The van der Waals surface area contributed by atoms with Crippen molar-refractivity contribution in [2.75, 3.05) is 13.2 Å². The van der Waals surface area contributed by atoms with E-state index in [1.165, 1.54) is 12.1 Å². The Kier molecular flexibility index (Phi) is 12.7. The second-order valence-corrected chi connectivity index (χ2v) is 9.06. The number of primary sulfonamides is 1. The van der Waals surface area contributed by atoms with Crippen LogP contribution in [0.3, 0.4) is 0 Å². The maximum atomic E-state index is 11.3. The lowest BCUT2D eigenvalue weighted by atomic mass is 10.1. The van der Waals surface area contributed by atoms with Crippen LogP contribution in [0.4, 0.5) is 0 Å². The molecule has 0 bridgehead atoms. The van der Waals surface area contributed by atoms with Crippen LogP contribution < -0.4 is 19.9 Å². The summed E-state index contributed by atoms with van der Waals surface area (Å²) in [6.45, 7) is 4.23. The molecule has 3 aromatic rings. The largest absolute Gasteiger partial charge is 0.490 e. The van der Waals surface area contributed by atoms with Crippen molar-refractivity contribution >= 4 is 46.4 Å². The number of aromatic nitrogens is 1. The number of pyridine rings is 1. The Morgan fingerprint density at radius 1 is 0.941 bits per heavy atom. The predicted molar refractivity (Wildman–Crippen MR) is 139 cm³/mol. The van der Waals surface area contributed by atoms with Gasteiger partial charge < -0.3 is 14.8 Å². The van der Waals surface area contributed by atoms with E-state index in [4.69, 9.17) is 26.2 Å². The average molecular weight is 549 g/mol. The molecule has 11 heteroatoms. The fourth-order valence-electron chi connectivity index (χ4n) is 3.01. The van der Waals surface area contributed by atoms with Crippen molar-refractivity contribution in [1.29, 1.82) is 0 Å². The first kappa shape index (κ1) is 30.0. The fourth-order valence-corrected chi connectivity index (χ4v) is 3.64. The molecule has 0 aliphatic rings. The van der Waals surface area contributed by atoms with E-state index in [9.17, 15) is 8.42 Å². The van der Waals surface area contributed by atoms with Crippen LogP contribution in [-0.4, -0.2) is 26.6 Å². The van der Waals surface area contributed by atoms with Gasteiger partial charge in [0.25, 0.3) is 0 Å². The van der Waals surface area contributed by atoms with Crippen LogP contribution in [0.15, 0.2) is 65.7 Å². The zero-order chi connectivity index (χ0) is 23.0. The maximum absolute atomic E-state index is 11.3. The van der Waals surface area contributed by atoms with Crippen LogP contribution in [0.2, 0.25) is 5.15 Å². The molecule has 0 radical (unpaired) electrons. The van der Waals surface area contributed by atoms with Gasteiger partial charge in [-0.25, -0.2) is 18.5 Å². The van der Waals surface area contributed by atoms with Gasteiger partial charge in [0.1, 0.15) is 11.8 Å². The first-order valence-corrected chi connectivity index (χ1v) is 12.1. The minimum absolute atomic E-state index is 0. The first-order valence-electron chi connectivity index (χ1n) is 10.2. The average Bonchev–Trinajstić information content (AvgIpc) is 2.77. The predicted octanol–water partition coefficient (Wildman–Crippen LogP) is 4.54. The summed E-state index contributed by atoms with van der Waals surface area (Å²) >= 11 is 5.82. The summed E-state index contributed by atoms with van der Waals surface area (Å²) in [5, 5.41) is 8.96. The molecule has 7 nitrogen and oxygen atoms in total. The van der Waals surface area contributed by atoms with Gasteiger partial charge in [-0.2, -0.15) is 0 Å². The van der Waals surface area contributed by atoms with E-state index in [0.717, 1.165) is 29.7 Å². The van der Waals surface area contributed by atoms with Gasteiger partial charge in [-0.05, 0) is 61.3 Å². The molecule has 0 fully saturated rings. The topological polar surface area (TPSA) is 104 Å². The van der Waals surface area contributed by atoms with Crippen LogP contribution in [0, 0.1) is 0 Å². The molecule has 0 amide bonds. The number of rotatable bonds is 11. The van der Waals surface area contributed by atoms with Crippen LogP contribution in [-0.2, 0) is 29.6 Å². The van der Waals surface area contributed by atoms with E-state index >= 15 is 0 Å². The first-order chi connectivity index (χ1) is 15.3. The summed E-state index contributed by atoms with van der Waals surface area (Å²) < 4.78 is 34.3. The van der Waals surface area contributed by atoms with E-state index in [1.54, 1.807) is 24.4 Å². The van der Waals surface area contributed by atoms with Crippen LogP contribution in [0.5, 0.6) is 11.5 Å². The third-order valence-electron chi connectivity index (χ3n) is 4.66. The van der Waals surface area contributed by atoms with E-state index in [2.05, 4.69) is 10.3 Å². The molecule has 186 valence electrons. The molecule has 0 aliphatic carbocycles. The molecule has 3 rings (SSSR count). The summed E-state index contributed by atoms with van der Waals surface area (Å²) in [4.78, 5) is 4.17. The summed E-state index contributed by atoms with van der Waals surface area (Å²) in [6.07, 6.45) is 2.45. The van der Waals surface area contributed by atoms with Crippen LogP contribution in [0.25, 0.3) is 0 Å². The molecular formula is C23H28Cl3N3O4S. The van der Waals surface area contributed by atoms with Gasteiger partial charge in [0.15, 0.2) is 11.5 Å². The smallest absolute Gasteiger partial charge is 0.238 e. The van der Waals surface area contributed by atoms with E-state index < -0.39 is 10.0 Å². The molecule has 34 heavy (non-hydrogen) atoms. The number of sulfonamides is 1. The number of nitrogens with two attached hydrogens (primary N) is 1. The van der Waals surface area contributed by atoms with Gasteiger partial charge in [0, 0.05) is 18.3 Å². The molecule has 1 heterocycles. The zero-order valence-corrected chi connectivity index (χ0v) is 21.8. The number of nitrogens with one attached hydrogen (secondary N) is 1. The number of nitrogens with zero attached hydrogens (tertiary/aromatic N) is 1. The maximum Gasteiger partial charge on any atom is 0.238 e. The number of hydrogen-bond donors (Lipinski definition) is 2. The molecule has 0 aliphatic heterocycles. The number of benzene rings is 2. The quantitative estimate of drug-likeness (QED) is 0.269. The van der Waals surface area contributed by atoms with Gasteiger partial charge in [-0.1, -0.05) is 35.9 Å². The second-order valence-electron chi connectivity index (χ2n) is 7.11. The fraction of sp³-hybridized carbons (Fsp3) is 0.261. The standard InChI is InChI=1S/C23H26ClN3O4S.2ClH/c1-2-30-22-13-18(5-9-21(22)31-16-19-6-10-23(24)27-15-19)14-26-12-11-17-3-7-20(8-4-17)32(25,28)29;;/h3-10,13,15,26H,2,11-12,14,16H2,1H3,(H2,25,28,29);2*1H. The van der Waals surface area contributed by atoms with Crippen molar-refractivity contribution in [2.45, 2.75) is 31.4 Å². The normalized spacial score (nSPS) is 10.7. The molecule has 1 aromatic heterocycles. The molecule has 0 saturated carbocycles. The Morgan fingerprint density at radius 2 is 1.62 bits per heavy atom. The van der Waals surface area contributed by atoms with Gasteiger partial charge in [0.05, 0.1) is 11.5 Å². The molecule has 3 N–H and O–H groups in total. The zero-order valence-electron chi connectivity index (χ0n) is 18.6. The highest BCUT2D eigenvalue weighted by Gasteiger charge is 2.09. The van der Waals surface area contributed by atoms with E-state index in [1.807, 2.05) is 31.2 Å². The summed E-state index contributed by atoms with van der Waals surface area (Å²) in [7, 11) is -3.66. The molecule has 0 unspecified atom stereocenters.